The van der Waals surface area contributed by atoms with E-state index in [9.17, 15) is 0 Å². The van der Waals surface area contributed by atoms with Crippen molar-refractivity contribution in [3.05, 3.63) is 36.9 Å². The molecule has 2 atom stereocenters. The fourth-order valence-electron chi connectivity index (χ4n) is 3.74. The van der Waals surface area contributed by atoms with Gasteiger partial charge in [-0.25, -0.2) is 9.67 Å². The predicted octanol–water partition coefficient (Wildman–Crippen LogP) is 2.31. The Morgan fingerprint density at radius 2 is 2.05 bits per heavy atom. The van der Waals surface area contributed by atoms with Crippen molar-refractivity contribution < 1.29 is 0 Å². The number of piperidine rings is 1. The molecule has 4 rings (SSSR count). The third-order valence-electron chi connectivity index (χ3n) is 4.77. The summed E-state index contributed by atoms with van der Waals surface area (Å²) in [5.74, 6) is 0. The van der Waals surface area contributed by atoms with Crippen molar-refractivity contribution in [2.75, 3.05) is 18.4 Å². The number of nitrogens with one attached hydrogen (secondary N) is 1. The molecule has 0 spiro atoms. The van der Waals surface area contributed by atoms with Gasteiger partial charge >= 0.3 is 0 Å². The standard InChI is InChI=1S/C16H21N5/c1-2-7-16(21-12-17-11-18-21)13(5-1)19-14-8-10-20-9-4-3-6-15(14)20/h1-2,5,7,11-12,14-15,19H,3-4,6,8-10H2. The molecule has 0 saturated carbocycles. The molecule has 110 valence electrons. The van der Waals surface area contributed by atoms with Crippen LogP contribution in [0.5, 0.6) is 0 Å². The topological polar surface area (TPSA) is 46.0 Å². The summed E-state index contributed by atoms with van der Waals surface area (Å²) in [6.45, 7) is 2.50. The highest BCUT2D eigenvalue weighted by Crippen LogP contribution is 2.30. The SMILES string of the molecule is c1ccc(-n2cncn2)c(NC2CCN3CCCCC23)c1. The molecule has 2 fully saturated rings. The van der Waals surface area contributed by atoms with Crippen LogP contribution in [0.15, 0.2) is 36.9 Å². The van der Waals surface area contributed by atoms with Gasteiger partial charge in [-0.15, -0.1) is 0 Å². The van der Waals surface area contributed by atoms with Crippen molar-refractivity contribution in [1.82, 2.24) is 19.7 Å². The van der Waals surface area contributed by atoms with E-state index in [1.165, 1.54) is 38.8 Å². The number of hydrogen-bond donors (Lipinski definition) is 1. The van der Waals surface area contributed by atoms with Gasteiger partial charge in [0.1, 0.15) is 12.7 Å². The lowest BCUT2D eigenvalue weighted by Gasteiger charge is -2.33. The highest BCUT2D eigenvalue weighted by Gasteiger charge is 2.35. The van der Waals surface area contributed by atoms with Crippen molar-refractivity contribution in [2.24, 2.45) is 0 Å². The van der Waals surface area contributed by atoms with Gasteiger partial charge in [-0.3, -0.25) is 4.90 Å². The molecular formula is C16H21N5. The summed E-state index contributed by atoms with van der Waals surface area (Å²) in [4.78, 5) is 6.70. The maximum atomic E-state index is 4.26. The van der Waals surface area contributed by atoms with E-state index < -0.39 is 0 Å². The molecule has 2 aliphatic heterocycles. The summed E-state index contributed by atoms with van der Waals surface area (Å²) < 4.78 is 1.83. The summed E-state index contributed by atoms with van der Waals surface area (Å²) in [6, 6.07) is 9.60. The molecule has 0 bridgehead atoms. The molecule has 21 heavy (non-hydrogen) atoms. The molecule has 1 aromatic carbocycles. The number of nitrogens with zero attached hydrogens (tertiary/aromatic N) is 4. The quantitative estimate of drug-likeness (QED) is 0.939. The second-order valence-corrected chi connectivity index (χ2v) is 6.00. The Morgan fingerprint density at radius 3 is 2.95 bits per heavy atom. The van der Waals surface area contributed by atoms with Gasteiger partial charge in [0.2, 0.25) is 0 Å². The van der Waals surface area contributed by atoms with Crippen LogP contribution in [0, 0.1) is 0 Å². The van der Waals surface area contributed by atoms with Crippen LogP contribution in [0.2, 0.25) is 0 Å². The first-order valence-electron chi connectivity index (χ1n) is 7.86. The molecule has 1 N–H and O–H groups in total. The fourth-order valence-corrected chi connectivity index (χ4v) is 3.74. The van der Waals surface area contributed by atoms with Gasteiger partial charge in [0, 0.05) is 18.6 Å². The largest absolute Gasteiger partial charge is 0.379 e. The molecular weight excluding hydrogens is 262 g/mol. The molecule has 2 aromatic rings. The van der Waals surface area contributed by atoms with Crippen molar-refractivity contribution in [2.45, 2.75) is 37.8 Å². The van der Waals surface area contributed by atoms with E-state index >= 15 is 0 Å². The number of para-hydroxylation sites is 2. The normalized spacial score (nSPS) is 25.7. The Kier molecular flexibility index (Phi) is 3.35. The molecule has 1 aromatic heterocycles. The first-order chi connectivity index (χ1) is 10.4. The highest BCUT2D eigenvalue weighted by atomic mass is 15.3. The van der Waals surface area contributed by atoms with Crippen LogP contribution in [-0.2, 0) is 0 Å². The zero-order chi connectivity index (χ0) is 14.1. The second-order valence-electron chi connectivity index (χ2n) is 6.00. The van der Waals surface area contributed by atoms with Gasteiger partial charge in [-0.05, 0) is 37.9 Å². The van der Waals surface area contributed by atoms with E-state index in [4.69, 9.17) is 0 Å². The molecule has 2 unspecified atom stereocenters. The molecule has 0 aliphatic carbocycles. The molecule has 2 aliphatic rings. The zero-order valence-electron chi connectivity index (χ0n) is 12.2. The van der Waals surface area contributed by atoms with E-state index in [2.05, 4.69) is 38.5 Å². The van der Waals surface area contributed by atoms with Crippen LogP contribution in [0.3, 0.4) is 0 Å². The van der Waals surface area contributed by atoms with Crippen LogP contribution in [0.4, 0.5) is 5.69 Å². The van der Waals surface area contributed by atoms with Crippen LogP contribution in [0.1, 0.15) is 25.7 Å². The van der Waals surface area contributed by atoms with Gasteiger partial charge < -0.3 is 5.32 Å². The minimum absolute atomic E-state index is 0.551. The van der Waals surface area contributed by atoms with E-state index in [1.54, 1.807) is 12.7 Å². The summed E-state index contributed by atoms with van der Waals surface area (Å²) in [7, 11) is 0. The average molecular weight is 283 g/mol. The van der Waals surface area contributed by atoms with Crippen molar-refractivity contribution in [1.29, 1.82) is 0 Å². The first kappa shape index (κ1) is 12.8. The number of fused-ring (bicyclic) bond motifs is 1. The van der Waals surface area contributed by atoms with Crippen LogP contribution in [0.25, 0.3) is 5.69 Å². The third-order valence-corrected chi connectivity index (χ3v) is 4.77. The van der Waals surface area contributed by atoms with E-state index in [1.807, 2.05) is 10.7 Å². The molecule has 2 saturated heterocycles. The van der Waals surface area contributed by atoms with Crippen molar-refractivity contribution in [3.8, 4) is 5.69 Å². The van der Waals surface area contributed by atoms with E-state index in [-0.39, 0.29) is 0 Å². The van der Waals surface area contributed by atoms with Gasteiger partial charge in [0.25, 0.3) is 0 Å². The Hall–Kier alpha value is -1.88. The minimum atomic E-state index is 0.551. The molecule has 5 heteroatoms. The maximum absolute atomic E-state index is 4.26. The van der Waals surface area contributed by atoms with Crippen LogP contribution >= 0.6 is 0 Å². The van der Waals surface area contributed by atoms with Gasteiger partial charge in [-0.1, -0.05) is 18.6 Å². The highest BCUT2D eigenvalue weighted by molar-refractivity contribution is 5.61. The maximum Gasteiger partial charge on any atom is 0.138 e. The summed E-state index contributed by atoms with van der Waals surface area (Å²) in [5.41, 5.74) is 2.23. The fraction of sp³-hybridized carbons (Fsp3) is 0.500. The van der Waals surface area contributed by atoms with E-state index in [0.717, 1.165) is 11.4 Å². The summed E-state index contributed by atoms with van der Waals surface area (Å²) in [5, 5.41) is 8.02. The summed E-state index contributed by atoms with van der Waals surface area (Å²) in [6.07, 6.45) is 8.61. The predicted molar refractivity (Wildman–Crippen MR) is 82.6 cm³/mol. The Balaban J connectivity index is 1.58. The zero-order valence-corrected chi connectivity index (χ0v) is 12.2. The van der Waals surface area contributed by atoms with Crippen molar-refractivity contribution >= 4 is 5.69 Å². The van der Waals surface area contributed by atoms with Crippen LogP contribution < -0.4 is 5.32 Å². The Labute approximate surface area is 125 Å². The monoisotopic (exact) mass is 283 g/mol. The van der Waals surface area contributed by atoms with Gasteiger partial charge in [0.05, 0.1) is 11.4 Å². The first-order valence-corrected chi connectivity index (χ1v) is 7.86. The second kappa shape index (κ2) is 5.48. The molecule has 0 radical (unpaired) electrons. The van der Waals surface area contributed by atoms with Gasteiger partial charge in [-0.2, -0.15) is 5.10 Å². The molecule has 5 nitrogen and oxygen atoms in total. The number of anilines is 1. The van der Waals surface area contributed by atoms with Gasteiger partial charge in [0.15, 0.2) is 0 Å². The Morgan fingerprint density at radius 1 is 1.10 bits per heavy atom. The van der Waals surface area contributed by atoms with E-state index in [0.29, 0.717) is 12.1 Å². The summed E-state index contributed by atoms with van der Waals surface area (Å²) >= 11 is 0. The smallest absolute Gasteiger partial charge is 0.138 e. The third kappa shape index (κ3) is 2.42. The lowest BCUT2D eigenvalue weighted by Crippen LogP contribution is -2.41. The number of rotatable bonds is 3. The Bertz CT molecular complexity index is 594. The van der Waals surface area contributed by atoms with Crippen molar-refractivity contribution in [3.63, 3.8) is 0 Å². The van der Waals surface area contributed by atoms with Crippen LogP contribution in [-0.4, -0.2) is 44.8 Å². The number of aromatic nitrogens is 3. The lowest BCUT2D eigenvalue weighted by atomic mass is 9.99. The number of benzene rings is 1. The number of hydrogen-bond acceptors (Lipinski definition) is 4. The average Bonchev–Trinajstić information content (AvgIpc) is 3.18. The molecule has 0 amide bonds. The molecule has 3 heterocycles. The lowest BCUT2D eigenvalue weighted by molar-refractivity contribution is 0.193. The minimum Gasteiger partial charge on any atom is -0.379 e.